The van der Waals surface area contributed by atoms with Gasteiger partial charge in [-0.2, -0.15) is 0 Å². The van der Waals surface area contributed by atoms with Crippen molar-refractivity contribution in [3.05, 3.63) is 0 Å². The van der Waals surface area contributed by atoms with E-state index in [1.54, 1.807) is 13.8 Å². The van der Waals surface area contributed by atoms with Crippen LogP contribution in [0.3, 0.4) is 0 Å². The fourth-order valence-electron chi connectivity index (χ4n) is 0.926. The highest BCUT2D eigenvalue weighted by Gasteiger charge is 2.20. The molecular weight excluding hydrogens is 389 g/mol. The molecule has 0 spiro atoms. The van der Waals surface area contributed by atoms with Gasteiger partial charge in [0.05, 0.1) is 39.6 Å². The van der Waals surface area contributed by atoms with E-state index in [0.717, 1.165) is 0 Å². The molecule has 14 heteroatoms. The molecule has 0 saturated carbocycles. The molecule has 2 atom stereocenters. The molecule has 0 aromatic carbocycles. The predicted octanol–water partition coefficient (Wildman–Crippen LogP) is 1.83. The van der Waals surface area contributed by atoms with Crippen LogP contribution < -0.4 is 0 Å². The zero-order valence-electron chi connectivity index (χ0n) is 14.2. The Kier molecular flexibility index (Phi) is 15.0. The molecule has 0 rings (SSSR count). The van der Waals surface area contributed by atoms with E-state index in [2.05, 4.69) is 18.1 Å². The summed E-state index contributed by atoms with van der Waals surface area (Å²) < 4.78 is 54.8. The molecule has 0 aliphatic rings. The maximum atomic E-state index is 11.1. The van der Waals surface area contributed by atoms with Crippen molar-refractivity contribution in [1.29, 1.82) is 0 Å². The highest BCUT2D eigenvalue weighted by atomic mass is 31.2. The first-order valence-corrected chi connectivity index (χ1v) is 12.5. The van der Waals surface area contributed by atoms with Crippen molar-refractivity contribution in [3.8, 4) is 0 Å². The van der Waals surface area contributed by atoms with Crippen LogP contribution in [0.4, 0.5) is 0 Å². The lowest BCUT2D eigenvalue weighted by Crippen LogP contribution is -2.09. The third-order valence-corrected chi connectivity index (χ3v) is 3.74. The molecule has 0 saturated heterocycles. The van der Waals surface area contributed by atoms with Gasteiger partial charge in [-0.25, -0.2) is 9.13 Å². The van der Waals surface area contributed by atoms with Crippen molar-refractivity contribution in [3.63, 3.8) is 0 Å². The molecule has 0 radical (unpaired) electrons. The van der Waals surface area contributed by atoms with E-state index in [4.69, 9.17) is 19.4 Å². The van der Waals surface area contributed by atoms with Crippen LogP contribution >= 0.6 is 23.0 Å². The molecule has 3 N–H and O–H groups in total. The average molecular weight is 416 g/mol. The number of phosphoric acid groups is 2. The second kappa shape index (κ2) is 13.6. The number of rotatable bonds is 12. The van der Waals surface area contributed by atoms with Crippen LogP contribution in [0.1, 0.15) is 13.8 Å². The Morgan fingerprint density at radius 2 is 0.958 bits per heavy atom. The Hall–Kier alpha value is 0.370. The molecule has 11 nitrogen and oxygen atoms in total. The minimum absolute atomic E-state index is 0.0192. The number of ether oxygens (including phenoxy) is 1. The summed E-state index contributed by atoms with van der Waals surface area (Å²) in [5.74, 6) is 0. The molecule has 148 valence electrons. The summed E-state index contributed by atoms with van der Waals surface area (Å²) in [4.78, 5) is 26.1. The van der Waals surface area contributed by atoms with E-state index in [0.29, 0.717) is 0 Å². The van der Waals surface area contributed by atoms with E-state index in [1.165, 1.54) is 13.3 Å². The first-order chi connectivity index (χ1) is 10.8. The van der Waals surface area contributed by atoms with Crippen LogP contribution in [-0.2, 0) is 36.5 Å². The summed E-state index contributed by atoms with van der Waals surface area (Å²) in [5, 5.41) is 0. The van der Waals surface area contributed by atoms with Gasteiger partial charge < -0.3 is 19.4 Å². The molecule has 0 aromatic rings. The van der Waals surface area contributed by atoms with Gasteiger partial charge in [-0.05, 0) is 13.8 Å². The molecule has 0 heterocycles. The number of phosphoric ester groups is 2. The van der Waals surface area contributed by atoms with E-state index in [1.807, 2.05) is 0 Å². The molecule has 0 aliphatic carbocycles. The van der Waals surface area contributed by atoms with Crippen molar-refractivity contribution < 1.29 is 51.2 Å². The van der Waals surface area contributed by atoms with Crippen LogP contribution in [-0.4, -0.2) is 67.7 Å². The number of hydrogen-bond donors (Lipinski definition) is 3. The maximum Gasteiger partial charge on any atom is 0.472 e. The van der Waals surface area contributed by atoms with E-state index < -0.39 is 23.0 Å². The van der Waals surface area contributed by atoms with Crippen LogP contribution in [0, 0.1) is 0 Å². The molecule has 24 heavy (non-hydrogen) atoms. The van der Waals surface area contributed by atoms with Crippen LogP contribution in [0.5, 0.6) is 0 Å². The Bertz CT molecular complexity index is 411. The minimum atomic E-state index is -4.00. The van der Waals surface area contributed by atoms with Gasteiger partial charge in [0.25, 0.3) is 0 Å². The van der Waals surface area contributed by atoms with Gasteiger partial charge in [0, 0.05) is 13.3 Å². The standard InChI is InChI=1S/C8H20O9P2.C2H7O2P/c1-3-14-18(9,10)16-7-5-13-6-8-17-19(11,12)15-4-2;1-5(2,3)4/h3-8H2,1-2H3,(H,9,10)(H,11,12);1-2H3,(H,3,4). The molecule has 0 fully saturated rings. The lowest BCUT2D eigenvalue weighted by molar-refractivity contribution is 0.0519. The molecule has 2 unspecified atom stereocenters. The first-order valence-electron chi connectivity index (χ1n) is 6.92. The van der Waals surface area contributed by atoms with Crippen molar-refractivity contribution in [2.45, 2.75) is 13.8 Å². The quantitative estimate of drug-likeness (QED) is 0.315. The fourth-order valence-corrected chi connectivity index (χ4v) is 2.34. The third kappa shape index (κ3) is 24.6. The summed E-state index contributed by atoms with van der Waals surface area (Å²) in [6, 6.07) is 0. The smallest absolute Gasteiger partial charge is 0.377 e. The molecule has 0 aromatic heterocycles. The lowest BCUT2D eigenvalue weighted by atomic mass is 10.7. The van der Waals surface area contributed by atoms with E-state index >= 15 is 0 Å². The summed E-state index contributed by atoms with van der Waals surface area (Å²) in [7, 11) is -10.6. The molecule has 0 bridgehead atoms. The van der Waals surface area contributed by atoms with Gasteiger partial charge in [0.2, 0.25) is 0 Å². The first kappa shape index (κ1) is 26.6. The Morgan fingerprint density at radius 3 is 1.21 bits per heavy atom. The Morgan fingerprint density at radius 1 is 0.667 bits per heavy atom. The fraction of sp³-hybridized carbons (Fsp3) is 1.00. The maximum absolute atomic E-state index is 11.1. The van der Waals surface area contributed by atoms with Crippen molar-refractivity contribution >= 4 is 23.0 Å². The second-order valence-corrected chi connectivity index (χ2v) is 9.84. The van der Waals surface area contributed by atoms with Gasteiger partial charge >= 0.3 is 15.6 Å². The molecular formula is C10H27O11P3. The predicted molar refractivity (Wildman–Crippen MR) is 87.3 cm³/mol. The molecule has 0 aliphatic heterocycles. The van der Waals surface area contributed by atoms with E-state index in [-0.39, 0.29) is 39.6 Å². The van der Waals surface area contributed by atoms with Gasteiger partial charge in [-0.1, -0.05) is 0 Å². The summed E-state index contributed by atoms with van der Waals surface area (Å²) in [5.41, 5.74) is 0. The SMILES string of the molecule is CCOP(=O)(O)OCCOCCOP(=O)(O)OCC.CP(C)(=O)O. The van der Waals surface area contributed by atoms with Gasteiger partial charge in [0.1, 0.15) is 0 Å². The largest absolute Gasteiger partial charge is 0.472 e. The highest BCUT2D eigenvalue weighted by molar-refractivity contribution is 7.56. The topological polar surface area (TPSA) is 158 Å². The monoisotopic (exact) mass is 416 g/mol. The molecule has 0 amide bonds. The van der Waals surface area contributed by atoms with Crippen LogP contribution in [0.25, 0.3) is 0 Å². The lowest BCUT2D eigenvalue weighted by Gasteiger charge is -2.12. The normalized spacial score (nSPS) is 16.6. The Labute approximate surface area is 141 Å². The minimum Gasteiger partial charge on any atom is -0.377 e. The highest BCUT2D eigenvalue weighted by Crippen LogP contribution is 2.43. The second-order valence-electron chi connectivity index (χ2n) is 4.35. The van der Waals surface area contributed by atoms with E-state index in [9.17, 15) is 13.7 Å². The summed E-state index contributed by atoms with van der Waals surface area (Å²) in [6.07, 6.45) is 0. The van der Waals surface area contributed by atoms with Gasteiger partial charge in [-0.15, -0.1) is 0 Å². The zero-order valence-corrected chi connectivity index (χ0v) is 16.9. The zero-order chi connectivity index (χ0) is 19.3. The van der Waals surface area contributed by atoms with Crippen molar-refractivity contribution in [1.82, 2.24) is 0 Å². The Balaban J connectivity index is 0. The average Bonchev–Trinajstić information content (AvgIpc) is 2.35. The van der Waals surface area contributed by atoms with Crippen molar-refractivity contribution in [2.24, 2.45) is 0 Å². The van der Waals surface area contributed by atoms with Gasteiger partial charge in [0.15, 0.2) is 7.37 Å². The third-order valence-electron chi connectivity index (χ3n) is 1.55. The van der Waals surface area contributed by atoms with Gasteiger partial charge in [-0.3, -0.25) is 22.7 Å². The summed E-state index contributed by atoms with van der Waals surface area (Å²) >= 11 is 0. The van der Waals surface area contributed by atoms with Crippen molar-refractivity contribution in [2.75, 3.05) is 53.0 Å². The number of hydrogen-bond acceptors (Lipinski definition) is 8. The summed E-state index contributed by atoms with van der Waals surface area (Å²) in [6.45, 7) is 5.59. The van der Waals surface area contributed by atoms with Crippen LogP contribution in [0.2, 0.25) is 0 Å². The van der Waals surface area contributed by atoms with Crippen LogP contribution in [0.15, 0.2) is 0 Å².